The van der Waals surface area contributed by atoms with E-state index in [1.54, 1.807) is 23.1 Å². The van der Waals surface area contributed by atoms with Gasteiger partial charge in [-0.15, -0.1) is 0 Å². The molecule has 3 heterocycles. The van der Waals surface area contributed by atoms with Crippen LogP contribution < -0.4 is 25.6 Å². The lowest BCUT2D eigenvalue weighted by atomic mass is 10.2. The van der Waals surface area contributed by atoms with Crippen molar-refractivity contribution in [3.63, 3.8) is 0 Å². The number of pyridine rings is 1. The van der Waals surface area contributed by atoms with Crippen LogP contribution in [0.1, 0.15) is 12.5 Å². The summed E-state index contributed by atoms with van der Waals surface area (Å²) >= 11 is 0. The number of benzene rings is 1. The third-order valence-electron chi connectivity index (χ3n) is 6.04. The number of rotatable bonds is 8. The zero-order valence-corrected chi connectivity index (χ0v) is 21.7. The van der Waals surface area contributed by atoms with Gasteiger partial charge in [0.2, 0.25) is 17.8 Å². The number of halogens is 3. The van der Waals surface area contributed by atoms with E-state index in [9.17, 15) is 22.8 Å². The van der Waals surface area contributed by atoms with Gasteiger partial charge >= 0.3 is 6.18 Å². The minimum absolute atomic E-state index is 0.0160. The van der Waals surface area contributed by atoms with E-state index in [4.69, 9.17) is 4.74 Å². The molecule has 0 radical (unpaired) electrons. The minimum Gasteiger partial charge on any atom is -0.494 e. The number of carbonyl (C=O) groups is 2. The van der Waals surface area contributed by atoms with Crippen molar-refractivity contribution in [2.45, 2.75) is 13.1 Å². The number of ether oxygens (including phenoxy) is 1. The van der Waals surface area contributed by atoms with E-state index in [1.807, 2.05) is 4.90 Å². The highest BCUT2D eigenvalue weighted by Crippen LogP contribution is 2.36. The Morgan fingerprint density at radius 3 is 2.42 bits per heavy atom. The van der Waals surface area contributed by atoms with E-state index in [1.165, 1.54) is 32.4 Å². The number of aromatic nitrogens is 3. The van der Waals surface area contributed by atoms with Crippen LogP contribution in [0.2, 0.25) is 0 Å². The second kappa shape index (κ2) is 11.9. The first-order chi connectivity index (χ1) is 19.1. The van der Waals surface area contributed by atoms with E-state index in [-0.39, 0.29) is 17.5 Å². The van der Waals surface area contributed by atoms with Crippen LogP contribution in [0.4, 0.5) is 47.8 Å². The van der Waals surface area contributed by atoms with Crippen molar-refractivity contribution in [2.24, 2.45) is 0 Å². The molecule has 40 heavy (non-hydrogen) atoms. The molecule has 4 rings (SSSR count). The van der Waals surface area contributed by atoms with Crippen molar-refractivity contribution in [3.8, 4) is 5.75 Å². The molecule has 0 unspecified atom stereocenters. The lowest BCUT2D eigenvalue weighted by Gasteiger charge is -2.35. The molecule has 1 aliphatic heterocycles. The van der Waals surface area contributed by atoms with Crippen molar-refractivity contribution in [2.75, 3.05) is 54.1 Å². The Hall–Kier alpha value is -4.88. The molecule has 1 fully saturated rings. The second-order valence-electron chi connectivity index (χ2n) is 8.71. The van der Waals surface area contributed by atoms with E-state index in [0.29, 0.717) is 55.3 Å². The molecule has 0 aliphatic carbocycles. The van der Waals surface area contributed by atoms with Gasteiger partial charge < -0.3 is 30.5 Å². The monoisotopic (exact) mass is 556 g/mol. The standard InChI is InChI=1S/C26H27F3N8O3/c1-4-23(39)32-17-6-5-7-18(12-17)33-24-19(26(27,28)29)14-31-25(35-24)34-20-15-30-22(13-21(20)40-3)37-10-8-36(9-11-37)16(2)38/h4-7,12-15H,1,8-11H2,2-3H3,(H,32,39)(H2,31,33,34,35). The number of alkyl halides is 3. The number of nitrogens with one attached hydrogen (secondary N) is 3. The van der Waals surface area contributed by atoms with E-state index in [0.717, 1.165) is 6.08 Å². The van der Waals surface area contributed by atoms with Gasteiger partial charge in [0, 0.05) is 56.7 Å². The summed E-state index contributed by atoms with van der Waals surface area (Å²) in [6, 6.07) is 7.82. The first-order valence-corrected chi connectivity index (χ1v) is 12.1. The maximum atomic E-state index is 13.8. The van der Waals surface area contributed by atoms with Gasteiger partial charge in [-0.25, -0.2) is 9.97 Å². The number of methoxy groups -OCH3 is 1. The van der Waals surface area contributed by atoms with Crippen molar-refractivity contribution >= 4 is 46.5 Å². The predicted molar refractivity (Wildman–Crippen MR) is 144 cm³/mol. The fourth-order valence-electron chi connectivity index (χ4n) is 3.98. The lowest BCUT2D eigenvalue weighted by Crippen LogP contribution is -2.48. The van der Waals surface area contributed by atoms with Gasteiger partial charge in [0.1, 0.15) is 28.6 Å². The van der Waals surface area contributed by atoms with Crippen LogP contribution in [0, 0.1) is 0 Å². The number of carbonyl (C=O) groups excluding carboxylic acids is 2. The van der Waals surface area contributed by atoms with Gasteiger partial charge in [-0.05, 0) is 24.3 Å². The Labute approximate surface area is 228 Å². The van der Waals surface area contributed by atoms with Crippen molar-refractivity contribution in [1.82, 2.24) is 19.9 Å². The summed E-state index contributed by atoms with van der Waals surface area (Å²) in [5.41, 5.74) is -0.128. The molecule has 210 valence electrons. The summed E-state index contributed by atoms with van der Waals surface area (Å²) in [6.07, 6.45) is -1.51. The predicted octanol–water partition coefficient (Wildman–Crippen LogP) is 4.18. The molecule has 2 aromatic heterocycles. The Morgan fingerprint density at radius 1 is 1.05 bits per heavy atom. The van der Waals surface area contributed by atoms with Crippen molar-refractivity contribution in [1.29, 1.82) is 0 Å². The molecule has 0 spiro atoms. The van der Waals surface area contributed by atoms with Crippen molar-refractivity contribution < 1.29 is 27.5 Å². The van der Waals surface area contributed by atoms with Crippen LogP contribution in [0.15, 0.2) is 55.4 Å². The zero-order valence-electron chi connectivity index (χ0n) is 21.7. The Bertz CT molecular complexity index is 1410. The number of amides is 2. The average molecular weight is 557 g/mol. The van der Waals surface area contributed by atoms with Crippen LogP contribution >= 0.6 is 0 Å². The molecule has 1 aliphatic rings. The average Bonchev–Trinajstić information content (AvgIpc) is 2.93. The highest BCUT2D eigenvalue weighted by molar-refractivity contribution is 5.99. The van der Waals surface area contributed by atoms with Crippen molar-refractivity contribution in [3.05, 3.63) is 60.9 Å². The number of nitrogens with zero attached hydrogens (tertiary/aromatic N) is 5. The fraction of sp³-hybridized carbons (Fsp3) is 0.269. The highest BCUT2D eigenvalue weighted by Gasteiger charge is 2.35. The summed E-state index contributed by atoms with van der Waals surface area (Å²) in [5, 5.41) is 8.08. The molecule has 1 aromatic carbocycles. The summed E-state index contributed by atoms with van der Waals surface area (Å²) < 4.78 is 46.7. The molecule has 14 heteroatoms. The summed E-state index contributed by atoms with van der Waals surface area (Å²) in [6.45, 7) is 7.23. The molecule has 3 aromatic rings. The smallest absolute Gasteiger partial charge is 0.421 e. The van der Waals surface area contributed by atoms with Gasteiger partial charge in [0.25, 0.3) is 0 Å². The minimum atomic E-state index is -4.73. The second-order valence-corrected chi connectivity index (χ2v) is 8.71. The van der Waals surface area contributed by atoms with Gasteiger partial charge in [-0.2, -0.15) is 18.2 Å². The number of hydrogen-bond acceptors (Lipinski definition) is 9. The summed E-state index contributed by atoms with van der Waals surface area (Å²) in [5.74, 6) is -0.0677. The van der Waals surface area contributed by atoms with Crippen LogP contribution in [0.3, 0.4) is 0 Å². The fourth-order valence-corrected chi connectivity index (χ4v) is 3.98. The zero-order chi connectivity index (χ0) is 28.9. The topological polar surface area (TPSA) is 125 Å². The molecular weight excluding hydrogens is 529 g/mol. The summed E-state index contributed by atoms with van der Waals surface area (Å²) in [7, 11) is 1.46. The first kappa shape index (κ1) is 28.1. The van der Waals surface area contributed by atoms with Gasteiger partial charge in [0.05, 0.1) is 13.3 Å². The van der Waals surface area contributed by atoms with Crippen LogP contribution in [-0.2, 0) is 15.8 Å². The molecule has 0 atom stereocenters. The third-order valence-corrected chi connectivity index (χ3v) is 6.04. The van der Waals surface area contributed by atoms with Gasteiger partial charge in [-0.1, -0.05) is 12.6 Å². The van der Waals surface area contributed by atoms with Gasteiger partial charge in [0.15, 0.2) is 0 Å². The van der Waals surface area contributed by atoms with E-state index in [2.05, 4.69) is 37.5 Å². The highest BCUT2D eigenvalue weighted by atomic mass is 19.4. The molecule has 1 saturated heterocycles. The maximum Gasteiger partial charge on any atom is 0.421 e. The number of piperazine rings is 1. The van der Waals surface area contributed by atoms with E-state index >= 15 is 0 Å². The SMILES string of the molecule is C=CC(=O)Nc1cccc(Nc2nc(Nc3cnc(N4CCN(C(C)=O)CC4)cc3OC)ncc2C(F)(F)F)c1. The van der Waals surface area contributed by atoms with Crippen LogP contribution in [0.25, 0.3) is 0 Å². The molecular formula is C26H27F3N8O3. The maximum absolute atomic E-state index is 13.8. The first-order valence-electron chi connectivity index (χ1n) is 12.1. The Morgan fingerprint density at radius 2 is 1.77 bits per heavy atom. The largest absolute Gasteiger partial charge is 0.494 e. The Balaban J connectivity index is 1.57. The summed E-state index contributed by atoms with van der Waals surface area (Å²) in [4.78, 5) is 39.3. The number of anilines is 6. The molecule has 0 saturated carbocycles. The molecule has 0 bridgehead atoms. The van der Waals surface area contributed by atoms with Gasteiger partial charge in [-0.3, -0.25) is 9.59 Å². The number of hydrogen-bond donors (Lipinski definition) is 3. The molecule has 3 N–H and O–H groups in total. The van der Waals surface area contributed by atoms with Crippen LogP contribution in [-0.4, -0.2) is 65.0 Å². The third kappa shape index (κ3) is 6.76. The Kier molecular flexibility index (Phi) is 8.36. The van der Waals surface area contributed by atoms with E-state index < -0.39 is 23.5 Å². The normalized spacial score (nSPS) is 13.4. The molecule has 11 nitrogen and oxygen atoms in total. The van der Waals surface area contributed by atoms with Crippen LogP contribution in [0.5, 0.6) is 5.75 Å². The lowest BCUT2D eigenvalue weighted by molar-refractivity contribution is -0.137. The quantitative estimate of drug-likeness (QED) is 0.351. The molecule has 2 amide bonds.